The molecule has 0 spiro atoms. The van der Waals surface area contributed by atoms with Crippen molar-refractivity contribution in [3.8, 4) is 0 Å². The summed E-state index contributed by atoms with van der Waals surface area (Å²) < 4.78 is 22.0. The van der Waals surface area contributed by atoms with E-state index in [1.807, 2.05) is 0 Å². The van der Waals surface area contributed by atoms with Gasteiger partial charge in [0, 0.05) is 20.8 Å². The molecule has 37 heavy (non-hydrogen) atoms. The lowest BCUT2D eigenvalue weighted by atomic mass is 9.89. The summed E-state index contributed by atoms with van der Waals surface area (Å²) in [4.78, 5) is 63.6. The zero-order chi connectivity index (χ0) is 27.8. The molecule has 10 nitrogen and oxygen atoms in total. The zero-order valence-corrected chi connectivity index (χ0v) is 22.7. The van der Waals surface area contributed by atoms with Crippen LogP contribution >= 0.6 is 46.4 Å². The van der Waals surface area contributed by atoms with E-state index in [0.717, 1.165) is 18.7 Å². The highest BCUT2D eigenvalue weighted by Crippen LogP contribution is 2.46. The van der Waals surface area contributed by atoms with E-state index >= 15 is 0 Å². The largest absolute Gasteiger partial charge is 0.463 e. The van der Waals surface area contributed by atoms with Gasteiger partial charge in [0.05, 0.1) is 37.3 Å². The predicted molar refractivity (Wildman–Crippen MR) is 132 cm³/mol. The molecule has 0 bridgehead atoms. The third kappa shape index (κ3) is 5.58. The van der Waals surface area contributed by atoms with Gasteiger partial charge in [0.25, 0.3) is 11.8 Å². The minimum Gasteiger partial charge on any atom is -0.463 e. The summed E-state index contributed by atoms with van der Waals surface area (Å²) in [6.45, 7) is 6.66. The van der Waals surface area contributed by atoms with Crippen LogP contribution in [0.15, 0.2) is 12.7 Å². The van der Waals surface area contributed by atoms with Crippen LogP contribution in [-0.4, -0.2) is 71.7 Å². The van der Waals surface area contributed by atoms with E-state index in [0.29, 0.717) is 0 Å². The number of fused-ring (bicyclic) bond motifs is 1. The Labute approximate surface area is 231 Å². The van der Waals surface area contributed by atoms with Crippen molar-refractivity contribution in [1.29, 1.82) is 0 Å². The Bertz CT molecular complexity index is 1140. The van der Waals surface area contributed by atoms with Crippen molar-refractivity contribution in [1.82, 2.24) is 4.90 Å². The summed E-state index contributed by atoms with van der Waals surface area (Å²) >= 11 is 24.8. The fourth-order valence-corrected chi connectivity index (χ4v) is 5.32. The van der Waals surface area contributed by atoms with Crippen LogP contribution in [0.3, 0.4) is 0 Å². The van der Waals surface area contributed by atoms with E-state index in [4.69, 9.17) is 65.4 Å². The lowest BCUT2D eigenvalue weighted by Gasteiger charge is -2.47. The smallest absolute Gasteiger partial charge is 0.303 e. The van der Waals surface area contributed by atoms with Crippen LogP contribution in [0.2, 0.25) is 20.1 Å². The normalized spacial score (nSPS) is 24.9. The van der Waals surface area contributed by atoms with Crippen LogP contribution < -0.4 is 0 Å². The first kappa shape index (κ1) is 29.2. The molecule has 5 atom stereocenters. The summed E-state index contributed by atoms with van der Waals surface area (Å²) in [6, 6.07) is -1.35. The summed E-state index contributed by atoms with van der Waals surface area (Å²) in [6.07, 6.45) is -3.49. The van der Waals surface area contributed by atoms with Crippen molar-refractivity contribution >= 4 is 76.1 Å². The number of imide groups is 1. The molecule has 1 saturated heterocycles. The van der Waals surface area contributed by atoms with Crippen molar-refractivity contribution in [3.05, 3.63) is 43.9 Å². The first-order valence-corrected chi connectivity index (χ1v) is 12.3. The number of rotatable bonds is 7. The van der Waals surface area contributed by atoms with Gasteiger partial charge in [0.15, 0.2) is 12.2 Å². The molecule has 0 radical (unpaired) electrons. The third-order valence-corrected chi connectivity index (χ3v) is 7.44. The molecule has 14 heteroatoms. The molecule has 2 aliphatic heterocycles. The quantitative estimate of drug-likeness (QED) is 0.114. The number of nitrogens with zero attached hydrogens (tertiary/aromatic N) is 1. The van der Waals surface area contributed by atoms with Gasteiger partial charge in [-0.3, -0.25) is 28.9 Å². The number of carbonyl (C=O) groups excluding carboxylic acids is 5. The minimum atomic E-state index is -1.44. The van der Waals surface area contributed by atoms with Gasteiger partial charge in [0.1, 0.15) is 18.8 Å². The van der Waals surface area contributed by atoms with Gasteiger partial charge in [-0.25, -0.2) is 0 Å². The van der Waals surface area contributed by atoms with Crippen molar-refractivity contribution in [2.45, 2.75) is 57.6 Å². The number of ether oxygens (including phenoxy) is 4. The first-order valence-electron chi connectivity index (χ1n) is 10.8. The molecule has 1 fully saturated rings. The molecule has 0 unspecified atom stereocenters. The van der Waals surface area contributed by atoms with Gasteiger partial charge in [0.2, 0.25) is 0 Å². The number of hydrogen-bond donors (Lipinski definition) is 0. The fraction of sp³-hybridized carbons (Fsp3) is 0.435. The summed E-state index contributed by atoms with van der Waals surface area (Å²) in [5.74, 6) is -4.06. The van der Waals surface area contributed by atoms with Crippen LogP contribution in [0.4, 0.5) is 0 Å². The molecule has 1 aromatic rings. The van der Waals surface area contributed by atoms with E-state index < -0.39 is 60.2 Å². The number of esters is 3. The zero-order valence-electron chi connectivity index (χ0n) is 19.7. The monoisotopic (exact) mass is 595 g/mol. The number of amides is 2. The van der Waals surface area contributed by atoms with E-state index in [1.54, 1.807) is 0 Å². The molecule has 200 valence electrons. The van der Waals surface area contributed by atoms with E-state index in [-0.39, 0.29) is 44.2 Å². The summed E-state index contributed by atoms with van der Waals surface area (Å²) in [5, 5.41) is -1.05. The third-order valence-electron chi connectivity index (χ3n) is 5.64. The van der Waals surface area contributed by atoms with Crippen LogP contribution in [0.5, 0.6) is 0 Å². The highest BCUT2D eigenvalue weighted by atomic mass is 35.5. The van der Waals surface area contributed by atoms with Crippen molar-refractivity contribution in [2.24, 2.45) is 0 Å². The second-order valence-corrected chi connectivity index (χ2v) is 9.68. The van der Waals surface area contributed by atoms with Crippen LogP contribution in [0, 0.1) is 0 Å². The molecule has 1 aromatic carbocycles. The highest BCUT2D eigenvalue weighted by Gasteiger charge is 2.57. The van der Waals surface area contributed by atoms with Crippen molar-refractivity contribution in [2.75, 3.05) is 6.61 Å². The fourth-order valence-electron chi connectivity index (χ4n) is 4.31. The predicted octanol–water partition coefficient (Wildman–Crippen LogP) is 4.03. The minimum absolute atomic E-state index is 0.0438. The Balaban J connectivity index is 2.18. The Morgan fingerprint density at radius 2 is 1.32 bits per heavy atom. The van der Waals surface area contributed by atoms with E-state index in [2.05, 4.69) is 6.58 Å². The molecule has 0 aliphatic carbocycles. The number of halogens is 4. The highest BCUT2D eigenvalue weighted by molar-refractivity contribution is 6.55. The Hall–Kier alpha value is -2.37. The maximum Gasteiger partial charge on any atom is 0.303 e. The topological polar surface area (TPSA) is 126 Å². The molecular formula is C23H21Cl4NO9. The van der Waals surface area contributed by atoms with Crippen LogP contribution in [-0.2, 0) is 33.3 Å². The average molecular weight is 597 g/mol. The summed E-state index contributed by atoms with van der Waals surface area (Å²) in [5.41, 5.74) is -0.591. The standard InChI is InChI=1S/C23H21Cl4NO9/c1-5-6-11-19(28-22(32)13-14(23(28)33)16(25)18(27)17(26)15(13)24)21(36-10(4)31)20(35-9(3)30)12(37-11)7-34-8(2)29/h5,11-12,19-21H,1,6-7H2,2-4H3/t11-,12+,19-,20-,21+/m0/s1. The molecule has 0 N–H and O–H groups in total. The summed E-state index contributed by atoms with van der Waals surface area (Å²) in [7, 11) is 0. The maximum atomic E-state index is 13.6. The lowest BCUT2D eigenvalue weighted by molar-refractivity contribution is -0.229. The Morgan fingerprint density at radius 3 is 1.76 bits per heavy atom. The van der Waals surface area contributed by atoms with Gasteiger partial charge < -0.3 is 18.9 Å². The second-order valence-electron chi connectivity index (χ2n) is 8.16. The van der Waals surface area contributed by atoms with Crippen LogP contribution in [0.25, 0.3) is 0 Å². The molecular weight excluding hydrogens is 576 g/mol. The van der Waals surface area contributed by atoms with Crippen molar-refractivity contribution < 1.29 is 42.9 Å². The van der Waals surface area contributed by atoms with Gasteiger partial charge in [-0.05, 0) is 6.42 Å². The van der Waals surface area contributed by atoms with Crippen molar-refractivity contribution in [3.63, 3.8) is 0 Å². The molecule has 2 heterocycles. The van der Waals surface area contributed by atoms with Gasteiger partial charge in [-0.1, -0.05) is 52.5 Å². The molecule has 2 aliphatic rings. The van der Waals surface area contributed by atoms with Gasteiger partial charge >= 0.3 is 17.9 Å². The molecule has 2 amide bonds. The average Bonchev–Trinajstić information content (AvgIpc) is 3.06. The SMILES string of the molecule is C=CC[C@@H]1O[C@H](COC(C)=O)[C@H](OC(C)=O)[C@H](OC(C)=O)[C@H]1N1C(=O)c2c(Cl)c(Cl)c(Cl)c(Cl)c2C1=O. The molecule has 0 saturated carbocycles. The number of hydrogen-bond acceptors (Lipinski definition) is 9. The van der Waals surface area contributed by atoms with Gasteiger partial charge in [-0.15, -0.1) is 6.58 Å². The first-order chi connectivity index (χ1) is 17.3. The number of benzene rings is 1. The Kier molecular flexibility index (Phi) is 9.13. The second kappa shape index (κ2) is 11.6. The van der Waals surface area contributed by atoms with E-state index in [1.165, 1.54) is 13.0 Å². The van der Waals surface area contributed by atoms with E-state index in [9.17, 15) is 24.0 Å². The van der Waals surface area contributed by atoms with Crippen LogP contribution in [0.1, 0.15) is 47.9 Å². The molecule has 3 rings (SSSR count). The Morgan fingerprint density at radius 1 is 0.838 bits per heavy atom. The van der Waals surface area contributed by atoms with Gasteiger partial charge in [-0.2, -0.15) is 0 Å². The number of carbonyl (C=O) groups is 5. The maximum absolute atomic E-state index is 13.6. The molecule has 0 aromatic heterocycles. The lowest BCUT2D eigenvalue weighted by Crippen LogP contribution is -2.67.